The summed E-state index contributed by atoms with van der Waals surface area (Å²) in [5, 5.41) is 6.68. The van der Waals surface area contributed by atoms with Crippen LogP contribution in [-0.4, -0.2) is 19.9 Å². The average Bonchev–Trinajstić information content (AvgIpc) is 3.74. The molecular weight excluding hydrogens is 448 g/mol. The molecule has 0 radical (unpaired) electrons. The lowest BCUT2D eigenvalue weighted by atomic mass is 9.96. The summed E-state index contributed by atoms with van der Waals surface area (Å²) in [6, 6.07) is 14.7. The summed E-state index contributed by atoms with van der Waals surface area (Å²) in [4.78, 5) is 17.5. The van der Waals surface area contributed by atoms with Crippen LogP contribution in [0.2, 0.25) is 0 Å². The molecule has 0 amide bonds. The highest BCUT2D eigenvalue weighted by molar-refractivity contribution is 5.94. The molecule has 2 aromatic carbocycles. The first-order valence-electron chi connectivity index (χ1n) is 12.3. The number of nitrogens with two attached hydrogens (primary N) is 1. The number of nitrogen functional groups attached to an aromatic ring is 1. The third-order valence-corrected chi connectivity index (χ3v) is 7.00. The van der Waals surface area contributed by atoms with E-state index in [1.165, 1.54) is 35.9 Å². The Morgan fingerprint density at radius 3 is 2.72 bits per heavy atom. The van der Waals surface area contributed by atoms with Crippen molar-refractivity contribution in [2.75, 3.05) is 11.1 Å². The zero-order chi connectivity index (χ0) is 24.6. The number of fused-ring (bicyclic) bond motifs is 2. The Morgan fingerprint density at radius 1 is 0.972 bits per heavy atom. The number of nitrogens with zero attached hydrogens (tertiary/aromatic N) is 4. The first-order valence-corrected chi connectivity index (χ1v) is 12.3. The first kappa shape index (κ1) is 22.2. The maximum atomic E-state index is 6.08. The van der Waals surface area contributed by atoms with Gasteiger partial charge in [0.15, 0.2) is 0 Å². The topological polar surface area (TPSA) is 98.8 Å². The van der Waals surface area contributed by atoms with Crippen molar-refractivity contribution in [3.63, 3.8) is 0 Å². The molecule has 0 bridgehead atoms. The van der Waals surface area contributed by atoms with Crippen LogP contribution in [0.1, 0.15) is 46.6 Å². The van der Waals surface area contributed by atoms with Crippen LogP contribution in [-0.2, 0) is 13.2 Å². The smallest absolute Gasteiger partial charge is 0.218 e. The molecule has 0 unspecified atom stereocenters. The Morgan fingerprint density at radius 2 is 1.86 bits per heavy atom. The zero-order valence-corrected chi connectivity index (χ0v) is 20.5. The molecule has 6 rings (SSSR count). The Kier molecular flexibility index (Phi) is 5.60. The minimum Gasteiger partial charge on any atom is -0.473 e. The van der Waals surface area contributed by atoms with Gasteiger partial charge in [-0.3, -0.25) is 4.98 Å². The number of rotatable bonds is 7. The van der Waals surface area contributed by atoms with Gasteiger partial charge in [0, 0.05) is 41.3 Å². The van der Waals surface area contributed by atoms with E-state index in [0.717, 1.165) is 38.7 Å². The van der Waals surface area contributed by atoms with Gasteiger partial charge < -0.3 is 15.8 Å². The van der Waals surface area contributed by atoms with E-state index in [4.69, 9.17) is 10.5 Å². The monoisotopic (exact) mass is 476 g/mol. The lowest BCUT2D eigenvalue weighted by Crippen LogP contribution is -2.07. The number of hydrogen-bond donors (Lipinski definition) is 2. The van der Waals surface area contributed by atoms with Crippen molar-refractivity contribution in [1.82, 2.24) is 19.9 Å². The van der Waals surface area contributed by atoms with E-state index in [0.29, 0.717) is 30.7 Å². The van der Waals surface area contributed by atoms with Gasteiger partial charge in [0.05, 0.1) is 5.52 Å². The van der Waals surface area contributed by atoms with Crippen LogP contribution in [0, 0.1) is 13.8 Å². The number of anilines is 2. The maximum absolute atomic E-state index is 6.08. The summed E-state index contributed by atoms with van der Waals surface area (Å²) in [6.07, 6.45) is 7.72. The van der Waals surface area contributed by atoms with Crippen molar-refractivity contribution < 1.29 is 4.74 Å². The van der Waals surface area contributed by atoms with Gasteiger partial charge in [-0.05, 0) is 90.6 Å². The second-order valence-electron chi connectivity index (χ2n) is 9.54. The molecule has 36 heavy (non-hydrogen) atoms. The SMILES string of the molecule is Cc1cc2c(N)nccc2c(C)c1CNc1cc(OCc2cnc3ccc(C4CC4)cc3c2)ncn1. The second kappa shape index (κ2) is 9.07. The quantitative estimate of drug-likeness (QED) is 0.304. The molecule has 0 spiro atoms. The standard InChI is InChI=1S/C29H28N6O/c1-17-9-24-23(7-8-31-29(24)30)18(2)25(17)14-33-27-12-28(35-16-34-27)36-15-19-10-22-11-21(20-3-4-20)5-6-26(22)32-13-19/h5-13,16,20H,3-4,14-15H2,1-2H3,(H2,30,31)(H,33,34,35). The van der Waals surface area contributed by atoms with E-state index < -0.39 is 0 Å². The van der Waals surface area contributed by atoms with E-state index in [1.54, 1.807) is 6.20 Å². The van der Waals surface area contributed by atoms with Crippen LogP contribution in [0.25, 0.3) is 21.7 Å². The van der Waals surface area contributed by atoms with E-state index >= 15 is 0 Å². The Hall–Kier alpha value is -4.26. The Bertz CT molecular complexity index is 1590. The molecule has 1 aliphatic carbocycles. The van der Waals surface area contributed by atoms with Gasteiger partial charge in [0.2, 0.25) is 5.88 Å². The number of aryl methyl sites for hydroxylation is 2. The normalized spacial score (nSPS) is 13.3. The molecular formula is C29H28N6O. The highest BCUT2D eigenvalue weighted by Gasteiger charge is 2.23. The highest BCUT2D eigenvalue weighted by atomic mass is 16.5. The van der Waals surface area contributed by atoms with Crippen molar-refractivity contribution >= 4 is 33.3 Å². The number of benzene rings is 2. The van der Waals surface area contributed by atoms with E-state index in [9.17, 15) is 0 Å². The summed E-state index contributed by atoms with van der Waals surface area (Å²) in [5.41, 5.74) is 13.1. The Labute approximate surface area is 209 Å². The van der Waals surface area contributed by atoms with E-state index in [2.05, 4.69) is 69.4 Å². The van der Waals surface area contributed by atoms with Gasteiger partial charge in [-0.2, -0.15) is 0 Å². The van der Waals surface area contributed by atoms with Crippen LogP contribution in [0.4, 0.5) is 11.6 Å². The molecule has 1 saturated carbocycles. The molecule has 0 saturated heterocycles. The van der Waals surface area contributed by atoms with Crippen LogP contribution in [0.3, 0.4) is 0 Å². The molecule has 0 aliphatic heterocycles. The van der Waals surface area contributed by atoms with Crippen molar-refractivity contribution in [3.8, 4) is 5.88 Å². The summed E-state index contributed by atoms with van der Waals surface area (Å²) in [7, 11) is 0. The van der Waals surface area contributed by atoms with Gasteiger partial charge in [-0.15, -0.1) is 0 Å². The summed E-state index contributed by atoms with van der Waals surface area (Å²) >= 11 is 0. The number of hydrogen-bond acceptors (Lipinski definition) is 7. The van der Waals surface area contributed by atoms with Crippen molar-refractivity contribution in [2.24, 2.45) is 0 Å². The van der Waals surface area contributed by atoms with Gasteiger partial charge in [-0.25, -0.2) is 15.0 Å². The minimum atomic E-state index is 0.394. The largest absolute Gasteiger partial charge is 0.473 e. The molecule has 7 heteroatoms. The second-order valence-corrected chi connectivity index (χ2v) is 9.54. The summed E-state index contributed by atoms with van der Waals surface area (Å²) in [5.74, 6) is 2.50. The minimum absolute atomic E-state index is 0.394. The fourth-order valence-electron chi connectivity index (χ4n) is 4.80. The zero-order valence-electron chi connectivity index (χ0n) is 20.5. The molecule has 7 nitrogen and oxygen atoms in total. The lowest BCUT2D eigenvalue weighted by molar-refractivity contribution is 0.293. The molecule has 3 aromatic heterocycles. The van der Waals surface area contributed by atoms with Crippen molar-refractivity contribution in [1.29, 1.82) is 0 Å². The van der Waals surface area contributed by atoms with Crippen LogP contribution in [0.15, 0.2) is 61.2 Å². The fraction of sp³-hybridized carbons (Fsp3) is 0.241. The van der Waals surface area contributed by atoms with Gasteiger partial charge in [0.25, 0.3) is 0 Å². The molecule has 0 atom stereocenters. The average molecular weight is 477 g/mol. The Balaban J connectivity index is 1.15. The highest BCUT2D eigenvalue weighted by Crippen LogP contribution is 2.40. The summed E-state index contributed by atoms with van der Waals surface area (Å²) < 4.78 is 5.99. The number of ether oxygens (including phenoxy) is 1. The van der Waals surface area contributed by atoms with Crippen LogP contribution >= 0.6 is 0 Å². The van der Waals surface area contributed by atoms with Crippen molar-refractivity contribution in [2.45, 2.75) is 45.8 Å². The van der Waals surface area contributed by atoms with E-state index in [-0.39, 0.29) is 0 Å². The first-order chi connectivity index (χ1) is 17.5. The third-order valence-electron chi connectivity index (χ3n) is 7.00. The molecule has 5 aromatic rings. The number of pyridine rings is 2. The van der Waals surface area contributed by atoms with Gasteiger partial charge >= 0.3 is 0 Å². The molecule has 180 valence electrons. The van der Waals surface area contributed by atoms with Gasteiger partial charge in [0.1, 0.15) is 24.6 Å². The predicted molar refractivity (Wildman–Crippen MR) is 143 cm³/mol. The maximum Gasteiger partial charge on any atom is 0.218 e. The lowest BCUT2D eigenvalue weighted by Gasteiger charge is -2.15. The number of aromatic nitrogens is 4. The van der Waals surface area contributed by atoms with Crippen molar-refractivity contribution in [3.05, 3.63) is 89.0 Å². The third kappa shape index (κ3) is 4.40. The van der Waals surface area contributed by atoms with Gasteiger partial charge in [-0.1, -0.05) is 6.07 Å². The molecule has 3 N–H and O–H groups in total. The van der Waals surface area contributed by atoms with Crippen LogP contribution in [0.5, 0.6) is 5.88 Å². The van der Waals surface area contributed by atoms with Crippen LogP contribution < -0.4 is 15.8 Å². The fourth-order valence-corrected chi connectivity index (χ4v) is 4.80. The number of nitrogens with one attached hydrogen (secondary N) is 1. The molecule has 3 heterocycles. The summed E-state index contributed by atoms with van der Waals surface area (Å²) in [6.45, 7) is 5.23. The molecule has 1 aliphatic rings. The van der Waals surface area contributed by atoms with E-state index in [1.807, 2.05) is 18.3 Å². The predicted octanol–water partition coefficient (Wildman–Crippen LogP) is 5.84. The molecule has 1 fully saturated rings.